The molecule has 0 aliphatic rings. The molecule has 0 amide bonds. The van der Waals surface area contributed by atoms with E-state index in [1.807, 2.05) is 18.4 Å². The second-order valence-corrected chi connectivity index (χ2v) is 7.69. The fourth-order valence-electron chi connectivity index (χ4n) is 1.70. The van der Waals surface area contributed by atoms with E-state index in [0.717, 1.165) is 17.9 Å². The summed E-state index contributed by atoms with van der Waals surface area (Å²) in [6.07, 6.45) is 3.52. The fourth-order valence-corrected chi connectivity index (χ4v) is 3.29. The molecule has 0 atom stereocenters. The number of anilines is 1. The van der Waals surface area contributed by atoms with Crippen molar-refractivity contribution in [2.45, 2.75) is 37.6 Å². The Labute approximate surface area is 126 Å². The van der Waals surface area contributed by atoms with Gasteiger partial charge in [0.2, 0.25) is 10.0 Å². The second kappa shape index (κ2) is 8.54. The molecule has 0 saturated carbocycles. The Bertz CT molecular complexity index is 484. The average molecular weight is 316 g/mol. The van der Waals surface area contributed by atoms with Crippen LogP contribution in [0.15, 0.2) is 29.2 Å². The molecule has 1 aromatic rings. The van der Waals surface area contributed by atoms with Gasteiger partial charge in [0.15, 0.2) is 0 Å². The molecule has 0 saturated heterocycles. The van der Waals surface area contributed by atoms with E-state index in [4.69, 9.17) is 0 Å². The summed E-state index contributed by atoms with van der Waals surface area (Å²) >= 11 is 1.63. The van der Waals surface area contributed by atoms with Crippen molar-refractivity contribution in [1.29, 1.82) is 0 Å². The predicted molar refractivity (Wildman–Crippen MR) is 88.0 cm³/mol. The summed E-state index contributed by atoms with van der Waals surface area (Å²) < 4.78 is 26.4. The molecule has 6 heteroatoms. The van der Waals surface area contributed by atoms with E-state index >= 15 is 0 Å². The topological polar surface area (TPSA) is 58.2 Å². The molecule has 0 heterocycles. The van der Waals surface area contributed by atoms with Crippen LogP contribution in [0.2, 0.25) is 0 Å². The van der Waals surface area contributed by atoms with Crippen LogP contribution in [0.3, 0.4) is 0 Å². The minimum absolute atomic E-state index is 0.164. The van der Waals surface area contributed by atoms with Crippen LogP contribution in [-0.2, 0) is 10.0 Å². The van der Waals surface area contributed by atoms with Gasteiger partial charge in [0, 0.05) is 16.6 Å². The van der Waals surface area contributed by atoms with E-state index in [1.54, 1.807) is 23.9 Å². The Hall–Kier alpha value is -0.720. The highest BCUT2D eigenvalue weighted by Gasteiger charge is 2.09. The lowest BCUT2D eigenvalue weighted by molar-refractivity contribution is 0.561. The molecule has 0 unspecified atom stereocenters. The van der Waals surface area contributed by atoms with Gasteiger partial charge in [0.05, 0.1) is 5.75 Å². The number of thioether (sulfide) groups is 1. The van der Waals surface area contributed by atoms with Crippen molar-refractivity contribution in [2.75, 3.05) is 23.3 Å². The van der Waals surface area contributed by atoms with Crippen LogP contribution in [0.4, 0.5) is 5.69 Å². The van der Waals surface area contributed by atoms with Crippen molar-refractivity contribution in [2.24, 2.45) is 0 Å². The summed E-state index contributed by atoms with van der Waals surface area (Å²) in [5.74, 6) is 0.164. The third-order valence-electron chi connectivity index (χ3n) is 2.76. The van der Waals surface area contributed by atoms with Crippen molar-refractivity contribution in [1.82, 2.24) is 5.32 Å². The van der Waals surface area contributed by atoms with Gasteiger partial charge in [-0.15, -0.1) is 11.8 Å². The van der Waals surface area contributed by atoms with E-state index in [-0.39, 0.29) is 5.75 Å². The molecule has 0 bridgehead atoms. The van der Waals surface area contributed by atoms with Gasteiger partial charge in [-0.2, -0.15) is 0 Å². The first-order valence-electron chi connectivity index (χ1n) is 6.81. The Balaban J connectivity index is 2.36. The quantitative estimate of drug-likeness (QED) is 0.543. The van der Waals surface area contributed by atoms with Crippen LogP contribution < -0.4 is 10.0 Å². The normalized spacial score (nSPS) is 11.8. The monoisotopic (exact) mass is 316 g/mol. The summed E-state index contributed by atoms with van der Waals surface area (Å²) in [7, 11) is -3.24. The lowest BCUT2D eigenvalue weighted by atomic mass is 10.3. The van der Waals surface area contributed by atoms with Crippen molar-refractivity contribution >= 4 is 27.5 Å². The van der Waals surface area contributed by atoms with Gasteiger partial charge in [-0.3, -0.25) is 4.72 Å². The van der Waals surface area contributed by atoms with E-state index < -0.39 is 10.0 Å². The predicted octanol–water partition coefficient (Wildman–Crippen LogP) is 2.93. The minimum Gasteiger partial charge on any atom is -0.315 e. The van der Waals surface area contributed by atoms with Gasteiger partial charge >= 0.3 is 0 Å². The van der Waals surface area contributed by atoms with Gasteiger partial charge in [0.1, 0.15) is 0 Å². The summed E-state index contributed by atoms with van der Waals surface area (Å²) in [5, 5.41) is 3.28. The Morgan fingerprint density at radius 3 is 2.35 bits per heavy atom. The maximum Gasteiger partial charge on any atom is 0.232 e. The first-order chi connectivity index (χ1) is 9.43. The Kier molecular flexibility index (Phi) is 7.40. The number of hydrogen-bond donors (Lipinski definition) is 2. The Morgan fingerprint density at radius 1 is 1.15 bits per heavy atom. The van der Waals surface area contributed by atoms with E-state index in [0.29, 0.717) is 18.2 Å². The van der Waals surface area contributed by atoms with E-state index in [1.165, 1.54) is 0 Å². The minimum atomic E-state index is -3.24. The molecule has 4 nitrogen and oxygen atoms in total. The van der Waals surface area contributed by atoms with Crippen LogP contribution in [0.5, 0.6) is 0 Å². The molecule has 0 aliphatic heterocycles. The number of nitrogens with one attached hydrogen (secondary N) is 2. The van der Waals surface area contributed by atoms with E-state index in [9.17, 15) is 8.42 Å². The number of unbranched alkanes of at least 4 members (excludes halogenated alkanes) is 1. The molecule has 0 aromatic heterocycles. The van der Waals surface area contributed by atoms with E-state index in [2.05, 4.69) is 23.9 Å². The lowest BCUT2D eigenvalue weighted by Crippen LogP contribution is -2.24. The molecule has 0 radical (unpaired) electrons. The van der Waals surface area contributed by atoms with Gasteiger partial charge in [-0.1, -0.05) is 13.8 Å². The van der Waals surface area contributed by atoms with Crippen molar-refractivity contribution < 1.29 is 8.42 Å². The Morgan fingerprint density at radius 2 is 1.80 bits per heavy atom. The van der Waals surface area contributed by atoms with Gasteiger partial charge in [-0.25, -0.2) is 8.42 Å². The molecule has 0 spiro atoms. The molecule has 0 aliphatic carbocycles. The SMILES string of the molecule is CSc1ccc(NS(=O)(=O)CCCCNC(C)C)cc1. The number of benzene rings is 1. The maximum atomic E-state index is 11.9. The standard InChI is InChI=1S/C14H24N2O2S2/c1-12(2)15-10-4-5-11-20(17,18)16-13-6-8-14(19-3)9-7-13/h6-9,12,15-16H,4-5,10-11H2,1-3H3. The number of hydrogen-bond acceptors (Lipinski definition) is 4. The maximum absolute atomic E-state index is 11.9. The summed E-state index contributed by atoms with van der Waals surface area (Å²) in [6.45, 7) is 5.02. The molecular formula is C14H24N2O2S2. The first kappa shape index (κ1) is 17.3. The van der Waals surface area contributed by atoms with Crippen molar-refractivity contribution in [3.05, 3.63) is 24.3 Å². The van der Waals surface area contributed by atoms with Gasteiger partial charge in [0.25, 0.3) is 0 Å². The molecule has 1 rings (SSSR count). The lowest BCUT2D eigenvalue weighted by Gasteiger charge is -2.10. The molecule has 2 N–H and O–H groups in total. The first-order valence-corrected chi connectivity index (χ1v) is 9.68. The second-order valence-electron chi connectivity index (χ2n) is 4.97. The average Bonchev–Trinajstić information content (AvgIpc) is 2.38. The summed E-state index contributed by atoms with van der Waals surface area (Å²) in [4.78, 5) is 1.12. The smallest absolute Gasteiger partial charge is 0.232 e. The van der Waals surface area contributed by atoms with Crippen molar-refractivity contribution in [3.63, 3.8) is 0 Å². The van der Waals surface area contributed by atoms with Crippen LogP contribution in [-0.4, -0.2) is 33.0 Å². The highest BCUT2D eigenvalue weighted by atomic mass is 32.2. The van der Waals surface area contributed by atoms with Crippen LogP contribution in [0, 0.1) is 0 Å². The highest BCUT2D eigenvalue weighted by Crippen LogP contribution is 2.18. The zero-order valence-electron chi connectivity index (χ0n) is 12.3. The molecule has 114 valence electrons. The van der Waals surface area contributed by atoms with Crippen LogP contribution in [0.25, 0.3) is 0 Å². The van der Waals surface area contributed by atoms with Crippen LogP contribution in [0.1, 0.15) is 26.7 Å². The summed E-state index contributed by atoms with van der Waals surface area (Å²) in [5.41, 5.74) is 0.628. The third kappa shape index (κ3) is 7.17. The number of sulfonamides is 1. The zero-order valence-corrected chi connectivity index (χ0v) is 14.0. The highest BCUT2D eigenvalue weighted by molar-refractivity contribution is 7.98. The molecule has 1 aromatic carbocycles. The zero-order chi connectivity index (χ0) is 15.0. The van der Waals surface area contributed by atoms with Crippen LogP contribution >= 0.6 is 11.8 Å². The molecule has 0 fully saturated rings. The third-order valence-corrected chi connectivity index (χ3v) is 4.87. The van der Waals surface area contributed by atoms with Gasteiger partial charge in [-0.05, 0) is 49.9 Å². The molecule has 20 heavy (non-hydrogen) atoms. The van der Waals surface area contributed by atoms with Crippen molar-refractivity contribution in [3.8, 4) is 0 Å². The largest absolute Gasteiger partial charge is 0.315 e. The molecular weight excluding hydrogens is 292 g/mol. The number of rotatable bonds is 9. The van der Waals surface area contributed by atoms with Gasteiger partial charge < -0.3 is 5.32 Å². The summed E-state index contributed by atoms with van der Waals surface area (Å²) in [6, 6.07) is 7.86. The fraction of sp³-hybridized carbons (Fsp3) is 0.571.